The van der Waals surface area contributed by atoms with Crippen LogP contribution in [0.1, 0.15) is 45.4 Å². The van der Waals surface area contributed by atoms with Crippen LogP contribution >= 0.6 is 0 Å². The van der Waals surface area contributed by atoms with Crippen molar-refractivity contribution in [3.8, 4) is 0 Å². The van der Waals surface area contributed by atoms with Gasteiger partial charge in [-0.2, -0.15) is 0 Å². The van der Waals surface area contributed by atoms with Gasteiger partial charge in [0.2, 0.25) is 0 Å². The first-order valence-electron chi connectivity index (χ1n) is 8.07. The third-order valence-corrected chi connectivity index (χ3v) is 4.52. The van der Waals surface area contributed by atoms with Crippen LogP contribution in [0.5, 0.6) is 0 Å². The van der Waals surface area contributed by atoms with Crippen LogP contribution in [0.3, 0.4) is 0 Å². The standard InChI is InChI=1S/C15H27N3O3/c1-11(10-18-8-2-3-9-18)16-15(21)17-13-6-4-12(5-7-13)14(19)20/h11-13H,2-10H2,1H3,(H,19,20)(H2,16,17,21). The van der Waals surface area contributed by atoms with Crippen LogP contribution < -0.4 is 10.6 Å². The number of carboxylic acids is 1. The highest BCUT2D eigenvalue weighted by Crippen LogP contribution is 2.24. The number of urea groups is 1. The number of carbonyl (C=O) groups is 2. The summed E-state index contributed by atoms with van der Waals surface area (Å²) in [5, 5.41) is 14.9. The summed E-state index contributed by atoms with van der Waals surface area (Å²) >= 11 is 0. The topological polar surface area (TPSA) is 81.7 Å². The van der Waals surface area contributed by atoms with Crippen molar-refractivity contribution < 1.29 is 14.7 Å². The lowest BCUT2D eigenvalue weighted by Crippen LogP contribution is -2.49. The summed E-state index contributed by atoms with van der Waals surface area (Å²) in [6, 6.07) is 0.124. The van der Waals surface area contributed by atoms with Gasteiger partial charge in [-0.15, -0.1) is 0 Å². The highest BCUT2D eigenvalue weighted by molar-refractivity contribution is 5.74. The number of amides is 2. The molecule has 1 aliphatic heterocycles. The Morgan fingerprint density at radius 3 is 2.38 bits per heavy atom. The summed E-state index contributed by atoms with van der Waals surface area (Å²) < 4.78 is 0. The van der Waals surface area contributed by atoms with Crippen molar-refractivity contribution >= 4 is 12.0 Å². The Kier molecular flexibility index (Phi) is 5.85. The van der Waals surface area contributed by atoms with E-state index in [0.29, 0.717) is 12.8 Å². The highest BCUT2D eigenvalue weighted by Gasteiger charge is 2.27. The van der Waals surface area contributed by atoms with Gasteiger partial charge in [0.05, 0.1) is 5.92 Å². The number of nitrogens with zero attached hydrogens (tertiary/aromatic N) is 1. The number of carboxylic acid groups (broad SMARTS) is 1. The van der Waals surface area contributed by atoms with Gasteiger partial charge in [0.25, 0.3) is 0 Å². The summed E-state index contributed by atoms with van der Waals surface area (Å²) in [5.74, 6) is -0.947. The summed E-state index contributed by atoms with van der Waals surface area (Å²) in [5.41, 5.74) is 0. The van der Waals surface area contributed by atoms with E-state index in [9.17, 15) is 9.59 Å². The van der Waals surface area contributed by atoms with Crippen LogP contribution in [0.25, 0.3) is 0 Å². The zero-order chi connectivity index (χ0) is 15.2. The molecule has 1 saturated carbocycles. The molecule has 6 nitrogen and oxygen atoms in total. The third kappa shape index (κ3) is 5.19. The lowest BCUT2D eigenvalue weighted by molar-refractivity contribution is -0.142. The van der Waals surface area contributed by atoms with Crippen LogP contribution in [-0.2, 0) is 4.79 Å². The van der Waals surface area contributed by atoms with Gasteiger partial charge in [-0.05, 0) is 58.5 Å². The number of hydrogen-bond donors (Lipinski definition) is 3. The van der Waals surface area contributed by atoms with Gasteiger partial charge in [0, 0.05) is 18.6 Å². The predicted molar refractivity (Wildman–Crippen MR) is 80.2 cm³/mol. The van der Waals surface area contributed by atoms with Crippen molar-refractivity contribution in [2.75, 3.05) is 19.6 Å². The van der Waals surface area contributed by atoms with E-state index in [2.05, 4.69) is 15.5 Å². The quantitative estimate of drug-likeness (QED) is 0.716. The summed E-state index contributed by atoms with van der Waals surface area (Å²) in [7, 11) is 0. The van der Waals surface area contributed by atoms with Gasteiger partial charge in [-0.25, -0.2) is 4.79 Å². The van der Waals surface area contributed by atoms with E-state index in [1.807, 2.05) is 6.92 Å². The molecule has 2 aliphatic rings. The van der Waals surface area contributed by atoms with Crippen molar-refractivity contribution in [2.24, 2.45) is 5.92 Å². The minimum Gasteiger partial charge on any atom is -0.481 e. The minimum absolute atomic E-state index is 0.111. The second-order valence-corrected chi connectivity index (χ2v) is 6.41. The smallest absolute Gasteiger partial charge is 0.315 e. The number of likely N-dealkylation sites (tertiary alicyclic amines) is 1. The number of nitrogens with one attached hydrogen (secondary N) is 2. The molecule has 1 aliphatic carbocycles. The molecule has 0 bridgehead atoms. The van der Waals surface area contributed by atoms with Crippen molar-refractivity contribution in [3.05, 3.63) is 0 Å². The van der Waals surface area contributed by atoms with Gasteiger partial charge in [-0.1, -0.05) is 0 Å². The maximum Gasteiger partial charge on any atom is 0.315 e. The average molecular weight is 297 g/mol. The third-order valence-electron chi connectivity index (χ3n) is 4.52. The van der Waals surface area contributed by atoms with E-state index >= 15 is 0 Å². The molecule has 1 saturated heterocycles. The zero-order valence-corrected chi connectivity index (χ0v) is 12.8. The van der Waals surface area contributed by atoms with Crippen molar-refractivity contribution in [3.63, 3.8) is 0 Å². The Balaban J connectivity index is 1.64. The SMILES string of the molecule is CC(CN1CCCC1)NC(=O)NC1CCC(C(=O)O)CC1. The van der Waals surface area contributed by atoms with E-state index in [4.69, 9.17) is 5.11 Å². The lowest BCUT2D eigenvalue weighted by atomic mass is 9.86. The van der Waals surface area contributed by atoms with E-state index in [1.54, 1.807) is 0 Å². The Hall–Kier alpha value is -1.30. The summed E-state index contributed by atoms with van der Waals surface area (Å²) in [6.07, 6.45) is 5.33. The molecule has 1 heterocycles. The van der Waals surface area contributed by atoms with E-state index in [-0.39, 0.29) is 24.0 Å². The molecule has 2 amide bonds. The van der Waals surface area contributed by atoms with E-state index < -0.39 is 5.97 Å². The van der Waals surface area contributed by atoms with Crippen molar-refractivity contribution in [1.29, 1.82) is 0 Å². The van der Waals surface area contributed by atoms with Crippen LogP contribution in [0, 0.1) is 5.92 Å². The van der Waals surface area contributed by atoms with Gasteiger partial charge >= 0.3 is 12.0 Å². The van der Waals surface area contributed by atoms with Gasteiger partial charge in [0.15, 0.2) is 0 Å². The first-order chi connectivity index (χ1) is 10.0. The minimum atomic E-state index is -0.711. The van der Waals surface area contributed by atoms with Crippen LogP contribution in [0.15, 0.2) is 0 Å². The Bertz CT molecular complexity index is 361. The van der Waals surface area contributed by atoms with Crippen LogP contribution in [0.4, 0.5) is 4.79 Å². The largest absolute Gasteiger partial charge is 0.481 e. The molecule has 0 aromatic carbocycles. The molecule has 21 heavy (non-hydrogen) atoms. The van der Waals surface area contributed by atoms with Gasteiger partial charge in [0.1, 0.15) is 0 Å². The molecule has 120 valence electrons. The second kappa shape index (κ2) is 7.64. The molecule has 1 atom stereocenters. The molecule has 6 heteroatoms. The maximum atomic E-state index is 12.0. The number of rotatable bonds is 5. The second-order valence-electron chi connectivity index (χ2n) is 6.41. The molecule has 1 unspecified atom stereocenters. The molecular weight excluding hydrogens is 270 g/mol. The molecule has 2 rings (SSSR count). The monoisotopic (exact) mass is 297 g/mol. The van der Waals surface area contributed by atoms with Crippen molar-refractivity contribution in [2.45, 2.75) is 57.5 Å². The summed E-state index contributed by atoms with van der Waals surface area (Å²) in [6.45, 7) is 5.19. The zero-order valence-electron chi connectivity index (χ0n) is 12.8. The van der Waals surface area contributed by atoms with Crippen LogP contribution in [0.2, 0.25) is 0 Å². The predicted octanol–water partition coefficient (Wildman–Crippen LogP) is 1.41. The number of carbonyl (C=O) groups excluding carboxylic acids is 1. The number of hydrogen-bond acceptors (Lipinski definition) is 3. The average Bonchev–Trinajstić information content (AvgIpc) is 2.91. The van der Waals surface area contributed by atoms with Crippen LogP contribution in [-0.4, -0.2) is 53.7 Å². The van der Waals surface area contributed by atoms with E-state index in [0.717, 1.165) is 32.5 Å². The molecule has 0 aromatic rings. The lowest BCUT2D eigenvalue weighted by Gasteiger charge is -2.28. The molecule has 0 radical (unpaired) electrons. The molecular formula is C15H27N3O3. The molecule has 0 spiro atoms. The first kappa shape index (κ1) is 16.1. The Morgan fingerprint density at radius 2 is 1.81 bits per heavy atom. The molecule has 3 N–H and O–H groups in total. The first-order valence-corrected chi connectivity index (χ1v) is 8.07. The highest BCUT2D eigenvalue weighted by atomic mass is 16.4. The number of aliphatic carboxylic acids is 1. The molecule has 0 aromatic heterocycles. The van der Waals surface area contributed by atoms with Gasteiger partial charge in [-0.3, -0.25) is 4.79 Å². The normalized spacial score (nSPS) is 28.0. The fourth-order valence-electron chi connectivity index (χ4n) is 3.33. The summed E-state index contributed by atoms with van der Waals surface area (Å²) in [4.78, 5) is 25.2. The van der Waals surface area contributed by atoms with E-state index in [1.165, 1.54) is 12.8 Å². The maximum absolute atomic E-state index is 12.0. The fourth-order valence-corrected chi connectivity index (χ4v) is 3.33. The van der Waals surface area contributed by atoms with Gasteiger partial charge < -0.3 is 20.6 Å². The Labute approximate surface area is 126 Å². The Morgan fingerprint density at radius 1 is 1.19 bits per heavy atom. The molecule has 2 fully saturated rings. The fraction of sp³-hybridized carbons (Fsp3) is 0.867. The van der Waals surface area contributed by atoms with Crippen molar-refractivity contribution in [1.82, 2.24) is 15.5 Å².